The molecule has 1 aromatic heterocycles. The number of halogens is 1. The number of hydrogen-bond donors (Lipinski definition) is 2. The van der Waals surface area contributed by atoms with Crippen LogP contribution in [0, 0.1) is 17.0 Å². The van der Waals surface area contributed by atoms with Gasteiger partial charge in [0.2, 0.25) is 0 Å². The second kappa shape index (κ2) is 5.76. The fourth-order valence-electron chi connectivity index (χ4n) is 1.67. The van der Waals surface area contributed by atoms with E-state index < -0.39 is 10.8 Å². The van der Waals surface area contributed by atoms with Crippen LogP contribution in [0.15, 0.2) is 30.5 Å². The Morgan fingerprint density at radius 1 is 1.43 bits per heavy atom. The van der Waals surface area contributed by atoms with E-state index in [1.54, 1.807) is 6.92 Å². The highest BCUT2D eigenvalue weighted by Gasteiger charge is 2.12. The Morgan fingerprint density at radius 3 is 2.71 bits per heavy atom. The summed E-state index contributed by atoms with van der Waals surface area (Å²) in [5.74, 6) is -0.291. The third-order valence-electron chi connectivity index (χ3n) is 2.80. The van der Waals surface area contributed by atoms with Crippen molar-refractivity contribution < 1.29 is 9.72 Å². The fourth-order valence-corrected chi connectivity index (χ4v) is 1.84. The topological polar surface area (TPSA) is 111 Å². The number of hydrogen-bond acceptors (Lipinski definition) is 5. The van der Waals surface area contributed by atoms with Crippen LogP contribution in [0.25, 0.3) is 0 Å². The molecule has 21 heavy (non-hydrogen) atoms. The van der Waals surface area contributed by atoms with Crippen molar-refractivity contribution in [2.24, 2.45) is 0 Å². The number of nitrogens with zero attached hydrogens (tertiary/aromatic N) is 2. The van der Waals surface area contributed by atoms with Gasteiger partial charge < -0.3 is 11.1 Å². The summed E-state index contributed by atoms with van der Waals surface area (Å²) in [5, 5.41) is 13.5. The molecule has 1 aromatic carbocycles. The molecular formula is C13H11ClN4O3. The van der Waals surface area contributed by atoms with Gasteiger partial charge in [-0.3, -0.25) is 14.9 Å². The minimum Gasteiger partial charge on any atom is -0.382 e. The monoisotopic (exact) mass is 306 g/mol. The lowest BCUT2D eigenvalue weighted by Gasteiger charge is -2.08. The predicted molar refractivity (Wildman–Crippen MR) is 79.4 cm³/mol. The number of nitro groups is 1. The van der Waals surface area contributed by atoms with E-state index in [-0.39, 0.29) is 22.1 Å². The number of carbonyl (C=O) groups is 1. The molecular weight excluding hydrogens is 296 g/mol. The lowest BCUT2D eigenvalue weighted by atomic mass is 10.1. The van der Waals surface area contributed by atoms with Gasteiger partial charge in [-0.15, -0.1) is 0 Å². The number of aryl methyl sites for hydroxylation is 1. The minimum atomic E-state index is -0.498. The van der Waals surface area contributed by atoms with E-state index in [0.717, 1.165) is 0 Å². The van der Waals surface area contributed by atoms with Gasteiger partial charge in [0.15, 0.2) is 0 Å². The standard InChI is InChI=1S/C13H11ClN4O3/c1-7-4-9(18(20)21)2-3-11(7)17-13(19)8-5-10(14)12(15)16-6-8/h2-6H,1H3,(H2,15,16)(H,17,19). The first-order valence-corrected chi connectivity index (χ1v) is 6.23. The molecule has 0 fully saturated rings. The molecule has 0 spiro atoms. The van der Waals surface area contributed by atoms with Crippen molar-refractivity contribution in [3.63, 3.8) is 0 Å². The van der Waals surface area contributed by atoms with Crippen LogP contribution < -0.4 is 11.1 Å². The molecule has 7 nitrogen and oxygen atoms in total. The molecule has 0 saturated heterocycles. The Morgan fingerprint density at radius 2 is 2.14 bits per heavy atom. The van der Waals surface area contributed by atoms with E-state index in [1.165, 1.54) is 30.5 Å². The van der Waals surface area contributed by atoms with Gasteiger partial charge in [-0.2, -0.15) is 0 Å². The van der Waals surface area contributed by atoms with Gasteiger partial charge in [-0.25, -0.2) is 4.98 Å². The van der Waals surface area contributed by atoms with Crippen LogP contribution >= 0.6 is 11.6 Å². The van der Waals surface area contributed by atoms with Crippen molar-refractivity contribution in [2.75, 3.05) is 11.1 Å². The molecule has 2 rings (SSSR count). The lowest BCUT2D eigenvalue weighted by Crippen LogP contribution is -2.13. The minimum absolute atomic E-state index is 0.0392. The lowest BCUT2D eigenvalue weighted by molar-refractivity contribution is -0.384. The van der Waals surface area contributed by atoms with Gasteiger partial charge in [0, 0.05) is 24.0 Å². The van der Waals surface area contributed by atoms with Gasteiger partial charge in [0.05, 0.1) is 15.5 Å². The normalized spacial score (nSPS) is 10.2. The van der Waals surface area contributed by atoms with Crippen molar-refractivity contribution >= 4 is 34.7 Å². The predicted octanol–water partition coefficient (Wildman–Crippen LogP) is 2.79. The highest BCUT2D eigenvalue weighted by Crippen LogP contribution is 2.22. The van der Waals surface area contributed by atoms with Crippen molar-refractivity contribution in [3.8, 4) is 0 Å². The first-order valence-electron chi connectivity index (χ1n) is 5.86. The molecule has 0 saturated carbocycles. The first-order chi connectivity index (χ1) is 9.88. The molecule has 0 aliphatic carbocycles. The number of rotatable bonds is 3. The van der Waals surface area contributed by atoms with Gasteiger partial charge >= 0.3 is 0 Å². The van der Waals surface area contributed by atoms with Crippen molar-refractivity contribution in [1.29, 1.82) is 0 Å². The number of carbonyl (C=O) groups excluding carboxylic acids is 1. The zero-order chi connectivity index (χ0) is 15.6. The van der Waals surface area contributed by atoms with Crippen LogP contribution in [-0.4, -0.2) is 15.8 Å². The zero-order valence-corrected chi connectivity index (χ0v) is 11.7. The first kappa shape index (κ1) is 14.7. The average Bonchev–Trinajstić information content (AvgIpc) is 2.43. The number of nitrogen functional groups attached to an aromatic ring is 1. The molecule has 0 aliphatic heterocycles. The van der Waals surface area contributed by atoms with Gasteiger partial charge in [-0.1, -0.05) is 11.6 Å². The Bertz CT molecular complexity index is 733. The molecule has 0 bridgehead atoms. The Balaban J connectivity index is 2.23. The highest BCUT2D eigenvalue weighted by atomic mass is 35.5. The van der Waals surface area contributed by atoms with E-state index in [2.05, 4.69) is 10.3 Å². The van der Waals surface area contributed by atoms with Crippen LogP contribution in [-0.2, 0) is 0 Å². The average molecular weight is 307 g/mol. The van der Waals surface area contributed by atoms with E-state index in [4.69, 9.17) is 17.3 Å². The fraction of sp³-hybridized carbons (Fsp3) is 0.0769. The van der Waals surface area contributed by atoms with Crippen LogP contribution in [0.5, 0.6) is 0 Å². The van der Waals surface area contributed by atoms with Crippen LogP contribution in [0.3, 0.4) is 0 Å². The number of anilines is 2. The molecule has 3 N–H and O–H groups in total. The summed E-state index contributed by atoms with van der Waals surface area (Å²) in [6, 6.07) is 5.57. The Hall–Kier alpha value is -2.67. The van der Waals surface area contributed by atoms with Crippen molar-refractivity contribution in [1.82, 2.24) is 4.98 Å². The van der Waals surface area contributed by atoms with Crippen LogP contribution in [0.1, 0.15) is 15.9 Å². The summed E-state index contributed by atoms with van der Waals surface area (Å²) in [6.07, 6.45) is 1.30. The van der Waals surface area contributed by atoms with E-state index >= 15 is 0 Å². The van der Waals surface area contributed by atoms with Gasteiger partial charge in [0.1, 0.15) is 5.82 Å². The van der Waals surface area contributed by atoms with Gasteiger partial charge in [0.25, 0.3) is 11.6 Å². The zero-order valence-electron chi connectivity index (χ0n) is 11.0. The molecule has 1 amide bonds. The molecule has 8 heteroatoms. The SMILES string of the molecule is Cc1cc([N+](=O)[O-])ccc1NC(=O)c1cnc(N)c(Cl)c1. The summed E-state index contributed by atoms with van der Waals surface area (Å²) in [7, 11) is 0. The Kier molecular flexibility index (Phi) is 4.04. The number of nitro benzene ring substituents is 1. The number of aromatic nitrogens is 1. The number of amides is 1. The number of nitrogens with one attached hydrogen (secondary N) is 1. The summed E-state index contributed by atoms with van der Waals surface area (Å²) < 4.78 is 0. The van der Waals surface area contributed by atoms with Crippen molar-refractivity contribution in [2.45, 2.75) is 6.92 Å². The largest absolute Gasteiger partial charge is 0.382 e. The van der Waals surface area contributed by atoms with E-state index in [1.807, 2.05) is 0 Å². The number of non-ortho nitro benzene ring substituents is 1. The molecule has 0 radical (unpaired) electrons. The smallest absolute Gasteiger partial charge is 0.269 e. The number of nitrogens with two attached hydrogens (primary N) is 1. The summed E-state index contributed by atoms with van der Waals surface area (Å²) >= 11 is 5.81. The molecule has 0 unspecified atom stereocenters. The van der Waals surface area contributed by atoms with Crippen LogP contribution in [0.2, 0.25) is 5.02 Å². The maximum absolute atomic E-state index is 12.1. The highest BCUT2D eigenvalue weighted by molar-refractivity contribution is 6.33. The summed E-state index contributed by atoms with van der Waals surface area (Å²) in [6.45, 7) is 1.66. The van der Waals surface area contributed by atoms with Gasteiger partial charge in [-0.05, 0) is 24.6 Å². The van der Waals surface area contributed by atoms with E-state index in [0.29, 0.717) is 11.3 Å². The second-order valence-corrected chi connectivity index (χ2v) is 4.71. The molecule has 2 aromatic rings. The molecule has 1 heterocycles. The molecule has 0 aliphatic rings. The maximum atomic E-state index is 12.1. The number of pyridine rings is 1. The van der Waals surface area contributed by atoms with Crippen LogP contribution in [0.4, 0.5) is 17.2 Å². The third kappa shape index (κ3) is 3.26. The summed E-state index contributed by atoms with van der Waals surface area (Å²) in [4.78, 5) is 26.0. The van der Waals surface area contributed by atoms with Crippen molar-refractivity contribution in [3.05, 3.63) is 56.7 Å². The summed E-state index contributed by atoms with van der Waals surface area (Å²) in [5.41, 5.74) is 6.72. The second-order valence-electron chi connectivity index (χ2n) is 4.30. The quantitative estimate of drug-likeness (QED) is 0.669. The molecule has 0 atom stereocenters. The third-order valence-corrected chi connectivity index (χ3v) is 3.10. The maximum Gasteiger partial charge on any atom is 0.269 e. The molecule has 108 valence electrons. The van der Waals surface area contributed by atoms with E-state index in [9.17, 15) is 14.9 Å². The Labute approximate surface area is 124 Å². The number of benzene rings is 1.